The van der Waals surface area contributed by atoms with Crippen LogP contribution >= 0.6 is 0 Å². The number of hydrogen-bond donors (Lipinski definition) is 1. The molecule has 0 saturated heterocycles. The van der Waals surface area contributed by atoms with Crippen LogP contribution in [0.15, 0.2) is 23.4 Å². The van der Waals surface area contributed by atoms with Crippen molar-refractivity contribution in [3.8, 4) is 11.5 Å². The fraction of sp³-hybridized carbons (Fsp3) is 0.364. The van der Waals surface area contributed by atoms with Crippen LogP contribution in [0.25, 0.3) is 0 Å². The van der Waals surface area contributed by atoms with E-state index < -0.39 is 0 Å². The maximum Gasteiger partial charge on any atom is 0.122 e. The predicted molar refractivity (Wildman–Crippen MR) is 58.1 cm³/mol. The Morgan fingerprint density at radius 3 is 2.60 bits per heavy atom. The molecule has 0 amide bonds. The van der Waals surface area contributed by atoms with Crippen molar-refractivity contribution >= 4 is 5.71 Å². The summed E-state index contributed by atoms with van der Waals surface area (Å²) in [7, 11) is 3.22. The lowest BCUT2D eigenvalue weighted by molar-refractivity contribution is 0.317. The Balaban J connectivity index is 3.01. The molecule has 0 aromatic heterocycles. The Morgan fingerprint density at radius 2 is 2.07 bits per heavy atom. The van der Waals surface area contributed by atoms with E-state index >= 15 is 0 Å². The zero-order valence-corrected chi connectivity index (χ0v) is 9.15. The van der Waals surface area contributed by atoms with Crippen molar-refractivity contribution in [1.82, 2.24) is 0 Å². The molecule has 0 saturated carbocycles. The van der Waals surface area contributed by atoms with Gasteiger partial charge in [-0.25, -0.2) is 0 Å². The van der Waals surface area contributed by atoms with E-state index in [-0.39, 0.29) is 0 Å². The lowest BCUT2D eigenvalue weighted by Crippen LogP contribution is -2.00. The number of hydrogen-bond acceptors (Lipinski definition) is 4. The van der Waals surface area contributed by atoms with E-state index in [0.717, 1.165) is 17.1 Å². The van der Waals surface area contributed by atoms with Gasteiger partial charge in [-0.2, -0.15) is 0 Å². The van der Waals surface area contributed by atoms with E-state index in [1.807, 2.05) is 18.2 Å². The van der Waals surface area contributed by atoms with Gasteiger partial charge < -0.3 is 14.7 Å². The van der Waals surface area contributed by atoms with Gasteiger partial charge >= 0.3 is 0 Å². The molecule has 1 N–H and O–H groups in total. The van der Waals surface area contributed by atoms with E-state index in [1.165, 1.54) is 0 Å². The summed E-state index contributed by atoms with van der Waals surface area (Å²) in [5.41, 5.74) is 1.56. The summed E-state index contributed by atoms with van der Waals surface area (Å²) in [4.78, 5) is 0. The molecular formula is C11H15NO3. The SMILES string of the molecule is COc1ccc(OC)c(CC(C)=NO)c1. The summed E-state index contributed by atoms with van der Waals surface area (Å²) in [6, 6.07) is 5.53. The lowest BCUT2D eigenvalue weighted by atomic mass is 10.1. The summed E-state index contributed by atoms with van der Waals surface area (Å²) >= 11 is 0. The minimum atomic E-state index is 0.539. The monoisotopic (exact) mass is 209 g/mol. The van der Waals surface area contributed by atoms with Gasteiger partial charge in [0.25, 0.3) is 0 Å². The van der Waals surface area contributed by atoms with Gasteiger partial charge in [0.2, 0.25) is 0 Å². The number of ether oxygens (including phenoxy) is 2. The van der Waals surface area contributed by atoms with E-state index in [9.17, 15) is 0 Å². The third kappa shape index (κ3) is 2.87. The number of nitrogens with zero attached hydrogens (tertiary/aromatic N) is 1. The van der Waals surface area contributed by atoms with Crippen molar-refractivity contribution in [2.75, 3.05) is 14.2 Å². The lowest BCUT2D eigenvalue weighted by Gasteiger charge is -2.09. The summed E-state index contributed by atoms with van der Waals surface area (Å²) in [5, 5.41) is 11.7. The first-order valence-electron chi connectivity index (χ1n) is 4.59. The Morgan fingerprint density at radius 1 is 1.33 bits per heavy atom. The van der Waals surface area contributed by atoms with Crippen LogP contribution in [-0.4, -0.2) is 25.1 Å². The highest BCUT2D eigenvalue weighted by Crippen LogP contribution is 2.24. The second-order valence-electron chi connectivity index (χ2n) is 3.19. The predicted octanol–water partition coefficient (Wildman–Crippen LogP) is 2.10. The van der Waals surface area contributed by atoms with Crippen molar-refractivity contribution < 1.29 is 14.7 Å². The number of oxime groups is 1. The molecule has 0 unspecified atom stereocenters. The molecule has 0 bridgehead atoms. The zero-order valence-electron chi connectivity index (χ0n) is 9.15. The molecule has 1 aromatic rings. The van der Waals surface area contributed by atoms with Crippen LogP contribution in [0.5, 0.6) is 11.5 Å². The van der Waals surface area contributed by atoms with Crippen molar-refractivity contribution in [3.05, 3.63) is 23.8 Å². The highest BCUT2D eigenvalue weighted by Gasteiger charge is 2.06. The fourth-order valence-corrected chi connectivity index (χ4v) is 1.33. The fourth-order valence-electron chi connectivity index (χ4n) is 1.33. The highest BCUT2D eigenvalue weighted by molar-refractivity contribution is 5.84. The Hall–Kier alpha value is -1.71. The standard InChI is InChI=1S/C11H15NO3/c1-8(12-13)6-9-7-10(14-2)4-5-11(9)15-3/h4-5,7,13H,6H2,1-3H3. The van der Waals surface area contributed by atoms with Gasteiger partial charge in [-0.05, 0) is 25.1 Å². The van der Waals surface area contributed by atoms with Gasteiger partial charge in [0, 0.05) is 12.0 Å². The maximum atomic E-state index is 8.60. The first-order valence-corrected chi connectivity index (χ1v) is 4.59. The molecule has 0 spiro atoms. The summed E-state index contributed by atoms with van der Waals surface area (Å²) in [6.45, 7) is 1.75. The third-order valence-corrected chi connectivity index (χ3v) is 2.10. The average Bonchev–Trinajstić information content (AvgIpc) is 2.28. The Bertz CT molecular complexity index is 361. The molecule has 0 aliphatic heterocycles. The van der Waals surface area contributed by atoms with E-state index in [4.69, 9.17) is 14.7 Å². The molecule has 15 heavy (non-hydrogen) atoms. The van der Waals surface area contributed by atoms with Crippen molar-refractivity contribution in [3.63, 3.8) is 0 Å². The van der Waals surface area contributed by atoms with E-state index in [0.29, 0.717) is 12.1 Å². The molecule has 0 atom stereocenters. The van der Waals surface area contributed by atoms with Crippen LogP contribution in [-0.2, 0) is 6.42 Å². The first kappa shape index (κ1) is 11.4. The van der Waals surface area contributed by atoms with Crippen LogP contribution in [0.2, 0.25) is 0 Å². The van der Waals surface area contributed by atoms with Crippen LogP contribution < -0.4 is 9.47 Å². The van der Waals surface area contributed by atoms with Gasteiger partial charge in [0.1, 0.15) is 11.5 Å². The summed E-state index contributed by atoms with van der Waals surface area (Å²) in [5.74, 6) is 1.52. The van der Waals surface area contributed by atoms with E-state index in [1.54, 1.807) is 21.1 Å². The van der Waals surface area contributed by atoms with Crippen LogP contribution in [0.1, 0.15) is 12.5 Å². The molecule has 1 aromatic carbocycles. The first-order chi connectivity index (χ1) is 7.21. The van der Waals surface area contributed by atoms with Crippen molar-refractivity contribution in [2.24, 2.45) is 5.16 Å². The largest absolute Gasteiger partial charge is 0.497 e. The summed E-state index contributed by atoms with van der Waals surface area (Å²) in [6.07, 6.45) is 0.539. The topological polar surface area (TPSA) is 51.0 Å². The van der Waals surface area contributed by atoms with Crippen LogP contribution in [0.3, 0.4) is 0 Å². The molecular weight excluding hydrogens is 194 g/mol. The third-order valence-electron chi connectivity index (χ3n) is 2.10. The molecule has 0 fully saturated rings. The number of benzene rings is 1. The molecule has 1 rings (SSSR count). The second kappa shape index (κ2) is 5.24. The average molecular weight is 209 g/mol. The molecule has 82 valence electrons. The van der Waals surface area contributed by atoms with Gasteiger partial charge in [0.15, 0.2) is 0 Å². The molecule has 4 nitrogen and oxygen atoms in total. The highest BCUT2D eigenvalue weighted by atomic mass is 16.5. The van der Waals surface area contributed by atoms with Crippen molar-refractivity contribution in [2.45, 2.75) is 13.3 Å². The smallest absolute Gasteiger partial charge is 0.122 e. The molecule has 0 aliphatic carbocycles. The van der Waals surface area contributed by atoms with Gasteiger partial charge in [-0.3, -0.25) is 0 Å². The van der Waals surface area contributed by atoms with Crippen LogP contribution in [0.4, 0.5) is 0 Å². The zero-order chi connectivity index (χ0) is 11.3. The molecule has 0 aliphatic rings. The second-order valence-corrected chi connectivity index (χ2v) is 3.19. The maximum absolute atomic E-state index is 8.60. The van der Waals surface area contributed by atoms with Crippen molar-refractivity contribution in [1.29, 1.82) is 0 Å². The summed E-state index contributed by atoms with van der Waals surface area (Å²) < 4.78 is 10.3. The number of methoxy groups -OCH3 is 2. The molecule has 4 heteroatoms. The van der Waals surface area contributed by atoms with Gasteiger partial charge in [-0.1, -0.05) is 5.16 Å². The minimum Gasteiger partial charge on any atom is -0.497 e. The Kier molecular flexibility index (Phi) is 3.97. The van der Waals surface area contributed by atoms with E-state index in [2.05, 4.69) is 5.16 Å². The Labute approximate surface area is 89.1 Å². The normalized spacial score (nSPS) is 11.3. The quantitative estimate of drug-likeness (QED) is 0.469. The minimum absolute atomic E-state index is 0.539. The number of rotatable bonds is 4. The van der Waals surface area contributed by atoms with Gasteiger partial charge in [0.05, 0.1) is 19.9 Å². The molecule has 0 radical (unpaired) electrons. The molecule has 0 heterocycles. The van der Waals surface area contributed by atoms with Gasteiger partial charge in [-0.15, -0.1) is 0 Å². The van der Waals surface area contributed by atoms with Crippen LogP contribution in [0, 0.1) is 0 Å².